The van der Waals surface area contributed by atoms with E-state index in [1.54, 1.807) is 29.0 Å². The average molecular weight is 548 g/mol. The molecule has 1 saturated heterocycles. The minimum absolute atomic E-state index is 0.0561. The molecular formula is C30H41N7O3. The van der Waals surface area contributed by atoms with Crippen LogP contribution in [0.2, 0.25) is 0 Å². The van der Waals surface area contributed by atoms with Crippen molar-refractivity contribution >= 4 is 17.7 Å². The van der Waals surface area contributed by atoms with Crippen molar-refractivity contribution in [2.75, 3.05) is 25.0 Å². The minimum Gasteiger partial charge on any atom is -0.444 e. The lowest BCUT2D eigenvalue weighted by atomic mass is 9.99. The molecule has 1 aliphatic rings. The van der Waals surface area contributed by atoms with Crippen molar-refractivity contribution in [1.29, 1.82) is 0 Å². The molecule has 40 heavy (non-hydrogen) atoms. The summed E-state index contributed by atoms with van der Waals surface area (Å²) in [6.45, 7) is 15.6. The highest BCUT2D eigenvalue weighted by molar-refractivity contribution is 5.91. The van der Waals surface area contributed by atoms with E-state index in [0.29, 0.717) is 18.8 Å². The molecule has 1 N–H and O–H groups in total. The van der Waals surface area contributed by atoms with Crippen LogP contribution in [-0.2, 0) is 16.8 Å². The Morgan fingerprint density at radius 2 is 1.90 bits per heavy atom. The molecule has 10 heteroatoms. The van der Waals surface area contributed by atoms with Crippen LogP contribution < -0.4 is 10.2 Å². The standard InChI is InChI=1S/C30H41N7O3/c1-20-15-21(9-10-22(20)16-32-27(38)25-19-37(34-33-25)29(2,3)4)24-11-13-31-17-26(24)36-14-12-23(18-36)35(8)28(39)40-30(5,6)7/h9-11,13,15,17,19,23H,12,14,16,18H2,1-8H3,(H,32,38). The summed E-state index contributed by atoms with van der Waals surface area (Å²) in [5.41, 5.74) is 4.80. The van der Waals surface area contributed by atoms with Crippen molar-refractivity contribution in [1.82, 2.24) is 30.2 Å². The average Bonchev–Trinajstić information content (AvgIpc) is 3.57. The fraction of sp³-hybridized carbons (Fsp3) is 0.500. The Balaban J connectivity index is 1.44. The molecule has 1 aliphatic heterocycles. The molecule has 10 nitrogen and oxygen atoms in total. The first kappa shape index (κ1) is 29.0. The van der Waals surface area contributed by atoms with Gasteiger partial charge >= 0.3 is 6.09 Å². The van der Waals surface area contributed by atoms with Gasteiger partial charge in [0, 0.05) is 38.4 Å². The van der Waals surface area contributed by atoms with E-state index < -0.39 is 5.60 Å². The fourth-order valence-electron chi connectivity index (χ4n) is 4.67. The molecule has 1 fully saturated rings. The molecule has 0 spiro atoms. The maximum absolute atomic E-state index is 12.7. The van der Waals surface area contributed by atoms with Gasteiger partial charge < -0.3 is 19.9 Å². The molecule has 0 bridgehead atoms. The van der Waals surface area contributed by atoms with Crippen molar-refractivity contribution < 1.29 is 14.3 Å². The summed E-state index contributed by atoms with van der Waals surface area (Å²) in [6, 6.07) is 8.33. The highest BCUT2D eigenvalue weighted by atomic mass is 16.6. The van der Waals surface area contributed by atoms with Crippen LogP contribution in [0.25, 0.3) is 11.1 Å². The number of hydrogen-bond donors (Lipinski definition) is 1. The zero-order valence-electron chi connectivity index (χ0n) is 24.9. The zero-order chi connectivity index (χ0) is 29.2. The van der Waals surface area contributed by atoms with Crippen molar-refractivity contribution in [2.24, 2.45) is 0 Å². The van der Waals surface area contributed by atoms with Gasteiger partial charge in [-0.25, -0.2) is 9.48 Å². The van der Waals surface area contributed by atoms with Crippen LogP contribution in [0.4, 0.5) is 10.5 Å². The molecule has 1 atom stereocenters. The van der Waals surface area contributed by atoms with Crippen molar-refractivity contribution in [3.63, 3.8) is 0 Å². The normalized spacial score (nSPS) is 15.7. The lowest BCUT2D eigenvalue weighted by Crippen LogP contribution is -2.42. The zero-order valence-corrected chi connectivity index (χ0v) is 24.9. The number of nitrogens with one attached hydrogen (secondary N) is 1. The summed E-state index contributed by atoms with van der Waals surface area (Å²) in [5.74, 6) is -0.254. The maximum atomic E-state index is 12.7. The second-order valence-electron chi connectivity index (χ2n) is 12.4. The summed E-state index contributed by atoms with van der Waals surface area (Å²) in [4.78, 5) is 33.6. The summed E-state index contributed by atoms with van der Waals surface area (Å²) in [5, 5.41) is 11.1. The molecule has 3 aromatic rings. The second kappa shape index (κ2) is 11.3. The van der Waals surface area contributed by atoms with Gasteiger partial charge in [0.25, 0.3) is 5.91 Å². The molecule has 4 rings (SSSR count). The van der Waals surface area contributed by atoms with Crippen molar-refractivity contribution in [2.45, 2.75) is 78.6 Å². The van der Waals surface area contributed by atoms with Gasteiger partial charge in [-0.1, -0.05) is 23.4 Å². The molecule has 1 unspecified atom stereocenters. The van der Waals surface area contributed by atoms with Crippen LogP contribution >= 0.6 is 0 Å². The number of aryl methyl sites for hydroxylation is 1. The first-order valence-corrected chi connectivity index (χ1v) is 13.7. The Bertz CT molecular complexity index is 1370. The molecular weight excluding hydrogens is 506 g/mol. The number of likely N-dealkylation sites (N-methyl/N-ethyl adjacent to an activating group) is 1. The quantitative estimate of drug-likeness (QED) is 0.474. The smallest absolute Gasteiger partial charge is 0.410 e. The molecule has 0 saturated carbocycles. The molecule has 2 amide bonds. The number of rotatable bonds is 6. The fourth-order valence-corrected chi connectivity index (χ4v) is 4.67. The Kier molecular flexibility index (Phi) is 8.18. The summed E-state index contributed by atoms with van der Waals surface area (Å²) >= 11 is 0. The van der Waals surface area contributed by atoms with Gasteiger partial charge in [-0.2, -0.15) is 0 Å². The third kappa shape index (κ3) is 6.78. The highest BCUT2D eigenvalue weighted by Gasteiger charge is 2.32. The van der Waals surface area contributed by atoms with Gasteiger partial charge in [0.2, 0.25) is 0 Å². The van der Waals surface area contributed by atoms with Gasteiger partial charge in [-0.05, 0) is 77.6 Å². The molecule has 0 aliphatic carbocycles. The third-order valence-electron chi connectivity index (χ3n) is 7.04. The number of amides is 2. The van der Waals surface area contributed by atoms with Gasteiger partial charge in [0.1, 0.15) is 5.60 Å². The second-order valence-corrected chi connectivity index (χ2v) is 12.4. The third-order valence-corrected chi connectivity index (χ3v) is 7.04. The Morgan fingerprint density at radius 3 is 2.55 bits per heavy atom. The van der Waals surface area contributed by atoms with E-state index in [0.717, 1.165) is 40.9 Å². The van der Waals surface area contributed by atoms with E-state index in [9.17, 15) is 9.59 Å². The van der Waals surface area contributed by atoms with E-state index >= 15 is 0 Å². The SMILES string of the molecule is Cc1cc(-c2ccncc2N2CCC(N(C)C(=O)OC(C)(C)C)C2)ccc1CNC(=O)c1cn(C(C)(C)C)nn1. The number of hydrogen-bond acceptors (Lipinski definition) is 7. The topological polar surface area (TPSA) is 105 Å². The Labute approximate surface area is 236 Å². The van der Waals surface area contributed by atoms with E-state index in [4.69, 9.17) is 4.74 Å². The van der Waals surface area contributed by atoms with Crippen LogP contribution in [0.3, 0.4) is 0 Å². The number of carbonyl (C=O) groups is 2. The molecule has 3 heterocycles. The highest BCUT2D eigenvalue weighted by Crippen LogP contribution is 2.34. The number of nitrogens with zero attached hydrogens (tertiary/aromatic N) is 6. The van der Waals surface area contributed by atoms with E-state index in [-0.39, 0.29) is 23.6 Å². The van der Waals surface area contributed by atoms with E-state index in [1.165, 1.54) is 0 Å². The lowest BCUT2D eigenvalue weighted by Gasteiger charge is -2.29. The largest absolute Gasteiger partial charge is 0.444 e. The predicted octanol–water partition coefficient (Wildman–Crippen LogP) is 4.78. The van der Waals surface area contributed by atoms with Gasteiger partial charge in [0.15, 0.2) is 5.69 Å². The number of ether oxygens (including phenoxy) is 1. The predicted molar refractivity (Wildman–Crippen MR) is 155 cm³/mol. The van der Waals surface area contributed by atoms with Gasteiger partial charge in [-0.15, -0.1) is 5.10 Å². The number of benzene rings is 1. The van der Waals surface area contributed by atoms with Crippen molar-refractivity contribution in [3.05, 3.63) is 59.7 Å². The Morgan fingerprint density at radius 1 is 1.15 bits per heavy atom. The van der Waals surface area contributed by atoms with Crippen LogP contribution in [0, 0.1) is 6.92 Å². The molecule has 214 valence electrons. The first-order valence-electron chi connectivity index (χ1n) is 13.7. The Hall–Kier alpha value is -3.95. The summed E-state index contributed by atoms with van der Waals surface area (Å²) in [6.07, 6.45) is 5.91. The van der Waals surface area contributed by atoms with Crippen LogP contribution in [0.1, 0.15) is 69.6 Å². The number of anilines is 1. The van der Waals surface area contributed by atoms with E-state index in [2.05, 4.69) is 37.6 Å². The van der Waals surface area contributed by atoms with Gasteiger partial charge in [-0.3, -0.25) is 9.78 Å². The van der Waals surface area contributed by atoms with Crippen molar-refractivity contribution in [3.8, 4) is 11.1 Å². The van der Waals surface area contributed by atoms with Crippen LogP contribution in [-0.4, -0.2) is 68.7 Å². The first-order chi connectivity index (χ1) is 18.7. The molecule has 2 aromatic heterocycles. The number of aromatic nitrogens is 4. The monoisotopic (exact) mass is 547 g/mol. The van der Waals surface area contributed by atoms with Gasteiger partial charge in [0.05, 0.1) is 29.7 Å². The molecule has 0 radical (unpaired) electrons. The summed E-state index contributed by atoms with van der Waals surface area (Å²) < 4.78 is 7.25. The number of carbonyl (C=O) groups excluding carboxylic acids is 2. The van der Waals surface area contributed by atoms with E-state index in [1.807, 2.05) is 66.8 Å². The maximum Gasteiger partial charge on any atom is 0.410 e. The van der Waals surface area contributed by atoms with Crippen LogP contribution in [0.5, 0.6) is 0 Å². The number of pyridine rings is 1. The lowest BCUT2D eigenvalue weighted by molar-refractivity contribution is 0.0237. The minimum atomic E-state index is -0.528. The van der Waals surface area contributed by atoms with Crippen LogP contribution in [0.15, 0.2) is 42.9 Å². The summed E-state index contributed by atoms with van der Waals surface area (Å²) in [7, 11) is 1.81. The molecule has 1 aromatic carbocycles.